The van der Waals surface area contributed by atoms with Crippen LogP contribution in [0.15, 0.2) is 96.3 Å². The number of ketones is 1. The highest BCUT2D eigenvalue weighted by molar-refractivity contribution is 5.95. The average molecular weight is 542 g/mol. The third-order valence-corrected chi connectivity index (χ3v) is 6.62. The van der Waals surface area contributed by atoms with Crippen LogP contribution in [0.5, 0.6) is 0 Å². The lowest BCUT2D eigenvalue weighted by molar-refractivity contribution is 0.0982. The molecule has 0 saturated carbocycles. The highest BCUT2D eigenvalue weighted by atomic mass is 16.1. The van der Waals surface area contributed by atoms with Gasteiger partial charge in [-0.15, -0.1) is 0 Å². The van der Waals surface area contributed by atoms with Gasteiger partial charge in [-0.25, -0.2) is 9.97 Å². The van der Waals surface area contributed by atoms with Crippen LogP contribution in [0.1, 0.15) is 51.3 Å². The van der Waals surface area contributed by atoms with Gasteiger partial charge >= 0.3 is 0 Å². The van der Waals surface area contributed by atoms with Crippen molar-refractivity contribution < 1.29 is 4.79 Å². The van der Waals surface area contributed by atoms with Crippen molar-refractivity contribution in [2.45, 2.75) is 32.4 Å². The van der Waals surface area contributed by atoms with Crippen molar-refractivity contribution in [2.75, 3.05) is 14.1 Å². The number of fused-ring (bicyclic) bond motifs is 1. The van der Waals surface area contributed by atoms with E-state index >= 15 is 0 Å². The molecule has 2 aromatic carbocycles. The molecule has 0 spiro atoms. The van der Waals surface area contributed by atoms with Crippen LogP contribution < -0.4 is 5.56 Å². The summed E-state index contributed by atoms with van der Waals surface area (Å²) in [5, 5.41) is 0.913. The third kappa shape index (κ3) is 7.38. The van der Waals surface area contributed by atoms with Gasteiger partial charge in [0.05, 0.1) is 17.6 Å². The molecule has 0 saturated heterocycles. The minimum atomic E-state index is -0.301. The SMILES string of the molecule is CN(C)Cc1ccc(Cc2ncc3cc(C#CCCC(=O)c4cccn(Cc5cccnc5)c4=O)ccc3n2)cc1. The number of rotatable bonds is 9. The Bertz CT molecular complexity index is 1780. The van der Waals surface area contributed by atoms with Crippen molar-refractivity contribution in [3.8, 4) is 11.8 Å². The largest absolute Gasteiger partial charge is 0.310 e. The minimum Gasteiger partial charge on any atom is -0.310 e. The van der Waals surface area contributed by atoms with E-state index in [0.717, 1.165) is 34.4 Å². The molecule has 7 heteroatoms. The molecule has 0 fully saturated rings. The van der Waals surface area contributed by atoms with Gasteiger partial charge in [0.15, 0.2) is 5.78 Å². The first-order valence-electron chi connectivity index (χ1n) is 13.5. The summed E-state index contributed by atoms with van der Waals surface area (Å²) < 4.78 is 1.53. The van der Waals surface area contributed by atoms with Crippen LogP contribution in [0.4, 0.5) is 0 Å². The van der Waals surface area contributed by atoms with E-state index in [9.17, 15) is 9.59 Å². The lowest BCUT2D eigenvalue weighted by Gasteiger charge is -2.10. The Balaban J connectivity index is 1.19. The third-order valence-electron chi connectivity index (χ3n) is 6.62. The van der Waals surface area contributed by atoms with Crippen LogP contribution in [-0.4, -0.2) is 44.3 Å². The zero-order valence-electron chi connectivity index (χ0n) is 23.2. The van der Waals surface area contributed by atoms with E-state index in [1.807, 2.05) is 36.5 Å². The monoisotopic (exact) mass is 541 g/mol. The number of hydrogen-bond acceptors (Lipinski definition) is 6. The Hall–Kier alpha value is -4.93. The lowest BCUT2D eigenvalue weighted by Crippen LogP contribution is -2.26. The van der Waals surface area contributed by atoms with Gasteiger partial charge in [-0.1, -0.05) is 42.2 Å². The molecular formula is C34H31N5O2. The average Bonchev–Trinajstić information content (AvgIpc) is 2.97. The second-order valence-electron chi connectivity index (χ2n) is 10.2. The number of aromatic nitrogens is 4. The van der Waals surface area contributed by atoms with E-state index < -0.39 is 0 Å². The molecule has 3 aromatic heterocycles. The maximum atomic E-state index is 12.8. The number of hydrogen-bond donors (Lipinski definition) is 0. The van der Waals surface area contributed by atoms with E-state index in [4.69, 9.17) is 4.98 Å². The van der Waals surface area contributed by atoms with E-state index in [1.165, 1.54) is 15.7 Å². The number of carbonyl (C=O) groups is 1. The van der Waals surface area contributed by atoms with E-state index in [0.29, 0.717) is 19.4 Å². The summed E-state index contributed by atoms with van der Waals surface area (Å²) in [6.07, 6.45) is 8.11. The highest BCUT2D eigenvalue weighted by Gasteiger charge is 2.12. The van der Waals surface area contributed by atoms with Gasteiger partial charge in [-0.05, 0) is 67.2 Å². The topological polar surface area (TPSA) is 81.0 Å². The van der Waals surface area contributed by atoms with Crippen LogP contribution in [0.2, 0.25) is 0 Å². The summed E-state index contributed by atoms with van der Waals surface area (Å²) in [5.41, 5.74) is 4.92. The summed E-state index contributed by atoms with van der Waals surface area (Å²) in [7, 11) is 4.12. The van der Waals surface area contributed by atoms with E-state index in [-0.39, 0.29) is 23.3 Å². The molecule has 0 radical (unpaired) electrons. The molecule has 0 atom stereocenters. The van der Waals surface area contributed by atoms with Gasteiger partial charge in [-0.3, -0.25) is 14.6 Å². The van der Waals surface area contributed by atoms with Gasteiger partial charge in [0.1, 0.15) is 5.82 Å². The molecule has 5 rings (SSSR count). The number of benzene rings is 2. The second kappa shape index (κ2) is 12.9. The fourth-order valence-electron chi connectivity index (χ4n) is 4.58. The van der Waals surface area contributed by atoms with Gasteiger partial charge in [0.2, 0.25) is 0 Å². The molecule has 5 aromatic rings. The summed E-state index contributed by atoms with van der Waals surface area (Å²) >= 11 is 0. The first kappa shape index (κ1) is 27.6. The van der Waals surface area contributed by atoms with Gasteiger partial charge in [0.25, 0.3) is 5.56 Å². The molecule has 7 nitrogen and oxygen atoms in total. The summed E-state index contributed by atoms with van der Waals surface area (Å²) in [4.78, 5) is 41.1. The predicted octanol–water partition coefficient (Wildman–Crippen LogP) is 4.90. The number of pyridine rings is 2. The molecule has 0 bridgehead atoms. The quantitative estimate of drug-likeness (QED) is 0.195. The van der Waals surface area contributed by atoms with Gasteiger partial charge in [0, 0.05) is 61.5 Å². The molecule has 204 valence electrons. The minimum absolute atomic E-state index is 0.176. The standard InChI is InChI=1S/C34H31N5O2/c1-38(2)23-27-13-11-26(12-14-27)20-33-36-22-29-19-25(15-16-31(29)37-33)7-3-4-10-32(40)30-9-6-18-39(34(30)41)24-28-8-5-17-35-21-28/h5-6,8-9,11-19,21-22H,4,10,20,23-24H2,1-2H3. The first-order chi connectivity index (χ1) is 19.9. The van der Waals surface area contributed by atoms with Crippen molar-refractivity contribution in [1.29, 1.82) is 0 Å². The van der Waals surface area contributed by atoms with Crippen molar-refractivity contribution in [2.24, 2.45) is 0 Å². The Morgan fingerprint density at radius 2 is 1.78 bits per heavy atom. The zero-order chi connectivity index (χ0) is 28.6. The predicted molar refractivity (Wildman–Crippen MR) is 161 cm³/mol. The molecule has 0 aliphatic carbocycles. The fraction of sp³-hybridized carbons (Fsp3) is 0.206. The Kier molecular flexibility index (Phi) is 8.73. The van der Waals surface area contributed by atoms with Crippen LogP contribution in [0.3, 0.4) is 0 Å². The zero-order valence-corrected chi connectivity index (χ0v) is 23.2. The van der Waals surface area contributed by atoms with Crippen molar-refractivity contribution in [3.63, 3.8) is 0 Å². The fourth-order valence-corrected chi connectivity index (χ4v) is 4.58. The molecule has 0 N–H and O–H groups in total. The molecule has 41 heavy (non-hydrogen) atoms. The smallest absolute Gasteiger partial charge is 0.261 e. The van der Waals surface area contributed by atoms with Crippen LogP contribution in [0, 0.1) is 11.8 Å². The van der Waals surface area contributed by atoms with Crippen LogP contribution in [0.25, 0.3) is 10.9 Å². The second-order valence-corrected chi connectivity index (χ2v) is 10.2. The Morgan fingerprint density at radius 3 is 2.56 bits per heavy atom. The van der Waals surface area contributed by atoms with Crippen LogP contribution >= 0.6 is 0 Å². The van der Waals surface area contributed by atoms with Crippen molar-refractivity contribution in [3.05, 3.63) is 136 Å². The van der Waals surface area contributed by atoms with E-state index in [1.54, 1.807) is 30.7 Å². The molecular weight excluding hydrogens is 510 g/mol. The summed E-state index contributed by atoms with van der Waals surface area (Å²) in [6.45, 7) is 1.28. The first-order valence-corrected chi connectivity index (χ1v) is 13.5. The summed E-state index contributed by atoms with van der Waals surface area (Å²) in [6, 6.07) is 21.4. The van der Waals surface area contributed by atoms with Gasteiger partial charge < -0.3 is 9.47 Å². The number of carbonyl (C=O) groups excluding carboxylic acids is 1. The molecule has 0 aliphatic rings. The molecule has 0 amide bonds. The van der Waals surface area contributed by atoms with Crippen LogP contribution in [-0.2, 0) is 19.5 Å². The Labute approximate surface area is 239 Å². The summed E-state index contributed by atoms with van der Waals surface area (Å²) in [5.74, 6) is 6.76. The lowest BCUT2D eigenvalue weighted by atomic mass is 10.1. The number of nitrogens with zero attached hydrogens (tertiary/aromatic N) is 5. The number of Topliss-reactive ketones (excluding diaryl/α,β-unsaturated/α-hetero) is 1. The molecule has 0 unspecified atom stereocenters. The van der Waals surface area contributed by atoms with E-state index in [2.05, 4.69) is 65.1 Å². The Morgan fingerprint density at radius 1 is 0.951 bits per heavy atom. The maximum Gasteiger partial charge on any atom is 0.261 e. The molecule has 0 aliphatic heterocycles. The highest BCUT2D eigenvalue weighted by Crippen LogP contribution is 2.15. The molecule has 3 heterocycles. The maximum absolute atomic E-state index is 12.8. The van der Waals surface area contributed by atoms with Crippen molar-refractivity contribution in [1.82, 2.24) is 24.4 Å². The normalized spacial score (nSPS) is 10.9. The van der Waals surface area contributed by atoms with Crippen molar-refractivity contribution >= 4 is 16.7 Å². The van der Waals surface area contributed by atoms with Gasteiger partial charge in [-0.2, -0.15) is 0 Å².